The van der Waals surface area contributed by atoms with E-state index >= 15 is 0 Å². The second-order valence-corrected chi connectivity index (χ2v) is 5.71. The first-order valence-corrected chi connectivity index (χ1v) is 7.51. The number of aromatic nitrogens is 1. The Morgan fingerprint density at radius 1 is 1.29 bits per heavy atom. The fraction of sp³-hybridized carbons (Fsp3) is 0.389. The highest BCUT2D eigenvalue weighted by atomic mass is 16.5. The Hall–Kier alpha value is -1.87. The first kappa shape index (κ1) is 14.1. The quantitative estimate of drug-likeness (QED) is 0.939. The van der Waals surface area contributed by atoms with E-state index in [0.717, 1.165) is 42.0 Å². The van der Waals surface area contributed by atoms with Gasteiger partial charge in [-0.1, -0.05) is 24.3 Å². The molecule has 1 atom stereocenters. The predicted octanol–water partition coefficient (Wildman–Crippen LogP) is 3.14. The molecule has 0 saturated heterocycles. The number of benzene rings is 1. The molecule has 1 aromatic carbocycles. The molecule has 1 N–H and O–H groups in total. The lowest BCUT2D eigenvalue weighted by Gasteiger charge is -2.27. The first-order chi connectivity index (χ1) is 10.2. The van der Waals surface area contributed by atoms with Crippen molar-refractivity contribution in [1.29, 1.82) is 0 Å². The minimum atomic E-state index is 0.341. The zero-order valence-corrected chi connectivity index (χ0v) is 12.9. The number of methoxy groups -OCH3 is 1. The van der Waals surface area contributed by atoms with Gasteiger partial charge in [0.2, 0.25) is 0 Å². The molecule has 3 heteroatoms. The predicted molar refractivity (Wildman–Crippen MR) is 84.9 cm³/mol. The normalized spacial score (nSPS) is 17.4. The van der Waals surface area contributed by atoms with Crippen molar-refractivity contribution in [2.75, 3.05) is 13.7 Å². The minimum absolute atomic E-state index is 0.341. The lowest BCUT2D eigenvalue weighted by atomic mass is 9.90. The van der Waals surface area contributed by atoms with Crippen molar-refractivity contribution in [2.24, 2.45) is 0 Å². The smallest absolute Gasteiger partial charge is 0.128 e. The molecule has 0 saturated carbocycles. The Balaban J connectivity index is 1.92. The van der Waals surface area contributed by atoms with Crippen LogP contribution < -0.4 is 10.1 Å². The number of nitrogens with zero attached hydrogens (tertiary/aromatic N) is 1. The van der Waals surface area contributed by atoms with Crippen LogP contribution in [0.1, 0.15) is 34.0 Å². The van der Waals surface area contributed by atoms with Crippen molar-refractivity contribution in [2.45, 2.75) is 32.7 Å². The third-order valence-corrected chi connectivity index (χ3v) is 4.36. The van der Waals surface area contributed by atoms with E-state index in [0.29, 0.717) is 6.04 Å². The molecular weight excluding hydrogens is 260 g/mol. The molecule has 110 valence electrons. The van der Waals surface area contributed by atoms with E-state index in [4.69, 9.17) is 4.74 Å². The third kappa shape index (κ3) is 2.66. The minimum Gasteiger partial charge on any atom is -0.496 e. The summed E-state index contributed by atoms with van der Waals surface area (Å²) >= 11 is 0. The number of ether oxygens (including phenoxy) is 1. The molecule has 0 radical (unpaired) electrons. The van der Waals surface area contributed by atoms with Crippen LogP contribution >= 0.6 is 0 Å². The summed E-state index contributed by atoms with van der Waals surface area (Å²) in [6, 6.07) is 9.05. The van der Waals surface area contributed by atoms with Gasteiger partial charge in [0.1, 0.15) is 5.75 Å². The molecule has 0 aliphatic carbocycles. The average Bonchev–Trinajstić information content (AvgIpc) is 2.51. The van der Waals surface area contributed by atoms with Gasteiger partial charge in [-0.15, -0.1) is 0 Å². The highest BCUT2D eigenvalue weighted by molar-refractivity contribution is 5.42. The molecule has 1 aliphatic heterocycles. The van der Waals surface area contributed by atoms with Crippen LogP contribution in [0.15, 0.2) is 30.5 Å². The van der Waals surface area contributed by atoms with Crippen LogP contribution in [-0.4, -0.2) is 18.6 Å². The van der Waals surface area contributed by atoms with Gasteiger partial charge in [-0.25, -0.2) is 0 Å². The summed E-state index contributed by atoms with van der Waals surface area (Å²) in [6.07, 6.45) is 3.92. The van der Waals surface area contributed by atoms with Crippen molar-refractivity contribution in [1.82, 2.24) is 10.3 Å². The number of rotatable bonds is 3. The van der Waals surface area contributed by atoms with Crippen molar-refractivity contribution in [3.63, 3.8) is 0 Å². The van der Waals surface area contributed by atoms with Crippen LogP contribution in [0.3, 0.4) is 0 Å². The van der Waals surface area contributed by atoms with E-state index in [1.54, 1.807) is 7.11 Å². The van der Waals surface area contributed by atoms with E-state index in [1.807, 2.05) is 13.1 Å². The number of hydrogen-bond donors (Lipinski definition) is 1. The molecule has 1 aromatic heterocycles. The summed E-state index contributed by atoms with van der Waals surface area (Å²) in [5.74, 6) is 0.962. The molecule has 1 aliphatic rings. The molecule has 0 fully saturated rings. The van der Waals surface area contributed by atoms with Crippen LogP contribution in [0.25, 0.3) is 0 Å². The summed E-state index contributed by atoms with van der Waals surface area (Å²) in [4.78, 5) is 4.63. The number of hydrogen-bond acceptors (Lipinski definition) is 3. The van der Waals surface area contributed by atoms with Gasteiger partial charge in [-0.2, -0.15) is 0 Å². The van der Waals surface area contributed by atoms with Crippen molar-refractivity contribution in [3.8, 4) is 5.75 Å². The molecule has 0 bridgehead atoms. The summed E-state index contributed by atoms with van der Waals surface area (Å²) in [7, 11) is 1.73. The topological polar surface area (TPSA) is 34.1 Å². The number of aryl methyl sites for hydroxylation is 1. The standard InChI is InChI=1S/C18H22N2O/c1-12-11-20-16(13(2)18(12)21-3)10-17-15-7-5-4-6-14(15)8-9-19-17/h4-7,11,17,19H,8-10H2,1-3H3. The van der Waals surface area contributed by atoms with Gasteiger partial charge < -0.3 is 10.1 Å². The zero-order chi connectivity index (χ0) is 14.8. The zero-order valence-electron chi connectivity index (χ0n) is 12.9. The van der Waals surface area contributed by atoms with E-state index in [9.17, 15) is 0 Å². The molecule has 2 aromatic rings. The SMILES string of the molecule is COc1c(C)cnc(CC2NCCc3ccccc32)c1C. The first-order valence-electron chi connectivity index (χ1n) is 7.51. The van der Waals surface area contributed by atoms with Gasteiger partial charge in [0.25, 0.3) is 0 Å². The maximum absolute atomic E-state index is 5.51. The fourth-order valence-corrected chi connectivity index (χ4v) is 3.25. The molecule has 0 spiro atoms. The third-order valence-electron chi connectivity index (χ3n) is 4.36. The van der Waals surface area contributed by atoms with Crippen LogP contribution in [0.2, 0.25) is 0 Å². The lowest BCUT2D eigenvalue weighted by molar-refractivity contribution is 0.405. The Bertz CT molecular complexity index is 652. The van der Waals surface area contributed by atoms with Crippen molar-refractivity contribution in [3.05, 3.63) is 58.4 Å². The monoisotopic (exact) mass is 282 g/mol. The Morgan fingerprint density at radius 2 is 2.10 bits per heavy atom. The van der Waals surface area contributed by atoms with Gasteiger partial charge in [0.15, 0.2) is 0 Å². The van der Waals surface area contributed by atoms with E-state index in [1.165, 1.54) is 11.1 Å². The molecule has 2 heterocycles. The van der Waals surface area contributed by atoms with Crippen molar-refractivity contribution >= 4 is 0 Å². The lowest BCUT2D eigenvalue weighted by Crippen LogP contribution is -2.31. The maximum Gasteiger partial charge on any atom is 0.128 e. The van der Waals surface area contributed by atoms with E-state index in [-0.39, 0.29) is 0 Å². The van der Waals surface area contributed by atoms with Gasteiger partial charge >= 0.3 is 0 Å². The summed E-state index contributed by atoms with van der Waals surface area (Å²) in [5, 5.41) is 3.62. The molecular formula is C18H22N2O. The maximum atomic E-state index is 5.51. The summed E-state index contributed by atoms with van der Waals surface area (Å²) in [5.41, 5.74) is 6.23. The van der Waals surface area contributed by atoms with Gasteiger partial charge in [-0.05, 0) is 37.9 Å². The fourth-order valence-electron chi connectivity index (χ4n) is 3.25. The van der Waals surface area contributed by atoms with E-state index in [2.05, 4.69) is 41.5 Å². The Kier molecular flexibility index (Phi) is 3.93. The summed E-state index contributed by atoms with van der Waals surface area (Å²) in [6.45, 7) is 5.17. The van der Waals surface area contributed by atoms with Gasteiger partial charge in [-0.3, -0.25) is 4.98 Å². The number of pyridine rings is 1. The largest absolute Gasteiger partial charge is 0.496 e. The van der Waals surface area contributed by atoms with Crippen LogP contribution in [0.5, 0.6) is 5.75 Å². The van der Waals surface area contributed by atoms with Gasteiger partial charge in [0, 0.05) is 35.5 Å². The van der Waals surface area contributed by atoms with Gasteiger partial charge in [0.05, 0.1) is 7.11 Å². The number of nitrogens with one attached hydrogen (secondary N) is 1. The highest BCUT2D eigenvalue weighted by Crippen LogP contribution is 2.29. The molecule has 3 nitrogen and oxygen atoms in total. The van der Waals surface area contributed by atoms with Crippen LogP contribution in [0.4, 0.5) is 0 Å². The van der Waals surface area contributed by atoms with Crippen LogP contribution in [0, 0.1) is 13.8 Å². The Labute approximate surface area is 126 Å². The van der Waals surface area contributed by atoms with Crippen molar-refractivity contribution < 1.29 is 4.74 Å². The summed E-state index contributed by atoms with van der Waals surface area (Å²) < 4.78 is 5.51. The van der Waals surface area contributed by atoms with Crippen LogP contribution in [-0.2, 0) is 12.8 Å². The molecule has 3 rings (SSSR count). The Morgan fingerprint density at radius 3 is 2.90 bits per heavy atom. The molecule has 0 amide bonds. The van der Waals surface area contributed by atoms with E-state index < -0.39 is 0 Å². The molecule has 21 heavy (non-hydrogen) atoms. The molecule has 1 unspecified atom stereocenters. The second kappa shape index (κ2) is 5.86. The highest BCUT2D eigenvalue weighted by Gasteiger charge is 2.21. The number of fused-ring (bicyclic) bond motifs is 1. The average molecular weight is 282 g/mol. The second-order valence-electron chi connectivity index (χ2n) is 5.71.